The van der Waals surface area contributed by atoms with E-state index in [0.29, 0.717) is 30.7 Å². The van der Waals surface area contributed by atoms with Crippen molar-refractivity contribution < 1.29 is 18.3 Å². The maximum atomic E-state index is 13.4. The number of carbonyl (C=O) groups is 1. The van der Waals surface area contributed by atoms with Gasteiger partial charge in [0, 0.05) is 36.4 Å². The Morgan fingerprint density at radius 3 is 2.89 bits per heavy atom. The topological polar surface area (TPSA) is 87.3 Å². The molecule has 28 heavy (non-hydrogen) atoms. The van der Waals surface area contributed by atoms with Crippen molar-refractivity contribution in [2.75, 3.05) is 19.7 Å². The first-order chi connectivity index (χ1) is 13.6. The SMILES string of the molecule is N#C[C@@H](Cc1ccc2c(c1)oc1cc(F)ccc12)NC(=O)[C@@H]1CNCCCO1. The molecule has 1 amide bonds. The number of benzene rings is 2. The van der Waals surface area contributed by atoms with Gasteiger partial charge in [0.25, 0.3) is 5.91 Å². The summed E-state index contributed by atoms with van der Waals surface area (Å²) >= 11 is 0. The highest BCUT2D eigenvalue weighted by Crippen LogP contribution is 2.30. The van der Waals surface area contributed by atoms with Crippen LogP contribution in [-0.2, 0) is 16.0 Å². The van der Waals surface area contributed by atoms with Crippen LogP contribution in [-0.4, -0.2) is 37.7 Å². The van der Waals surface area contributed by atoms with Crippen LogP contribution in [0.5, 0.6) is 0 Å². The molecule has 1 saturated heterocycles. The summed E-state index contributed by atoms with van der Waals surface area (Å²) in [5.41, 5.74) is 1.95. The zero-order valence-corrected chi connectivity index (χ0v) is 15.2. The molecule has 1 aliphatic rings. The monoisotopic (exact) mass is 381 g/mol. The summed E-state index contributed by atoms with van der Waals surface area (Å²) in [6, 6.07) is 11.5. The van der Waals surface area contributed by atoms with E-state index in [0.717, 1.165) is 29.3 Å². The number of carbonyl (C=O) groups excluding carboxylic acids is 1. The lowest BCUT2D eigenvalue weighted by atomic mass is 10.0. The molecule has 0 aliphatic carbocycles. The number of halogens is 1. The minimum atomic E-state index is -0.682. The second-order valence-corrected chi connectivity index (χ2v) is 6.88. The van der Waals surface area contributed by atoms with Gasteiger partial charge in [0.1, 0.15) is 29.1 Å². The van der Waals surface area contributed by atoms with E-state index in [4.69, 9.17) is 9.15 Å². The maximum Gasteiger partial charge on any atom is 0.251 e. The fraction of sp³-hybridized carbons (Fsp3) is 0.333. The van der Waals surface area contributed by atoms with Crippen LogP contribution in [0.25, 0.3) is 21.9 Å². The van der Waals surface area contributed by atoms with Gasteiger partial charge in [-0.2, -0.15) is 5.26 Å². The molecule has 144 valence electrons. The number of hydrogen-bond acceptors (Lipinski definition) is 5. The smallest absolute Gasteiger partial charge is 0.251 e. The van der Waals surface area contributed by atoms with Crippen molar-refractivity contribution in [3.8, 4) is 6.07 Å². The summed E-state index contributed by atoms with van der Waals surface area (Å²) in [5, 5.41) is 17.1. The Morgan fingerprint density at radius 2 is 2.07 bits per heavy atom. The van der Waals surface area contributed by atoms with E-state index in [1.165, 1.54) is 12.1 Å². The summed E-state index contributed by atoms with van der Waals surface area (Å²) in [4.78, 5) is 12.4. The van der Waals surface area contributed by atoms with Crippen LogP contribution >= 0.6 is 0 Å². The molecule has 3 aromatic rings. The minimum absolute atomic E-state index is 0.291. The predicted molar refractivity (Wildman–Crippen MR) is 102 cm³/mol. The second-order valence-electron chi connectivity index (χ2n) is 6.88. The number of amides is 1. The van der Waals surface area contributed by atoms with Crippen molar-refractivity contribution in [1.29, 1.82) is 5.26 Å². The molecule has 2 aromatic carbocycles. The summed E-state index contributed by atoms with van der Waals surface area (Å²) < 4.78 is 24.7. The third kappa shape index (κ3) is 3.84. The third-order valence-electron chi connectivity index (χ3n) is 4.85. The molecule has 1 fully saturated rings. The van der Waals surface area contributed by atoms with Crippen molar-refractivity contribution in [3.05, 3.63) is 47.8 Å². The summed E-state index contributed by atoms with van der Waals surface area (Å²) in [5.74, 6) is -0.643. The molecule has 6 nitrogen and oxygen atoms in total. The highest BCUT2D eigenvalue weighted by atomic mass is 19.1. The third-order valence-corrected chi connectivity index (χ3v) is 4.85. The Hall–Kier alpha value is -2.95. The first-order valence-corrected chi connectivity index (χ1v) is 9.27. The van der Waals surface area contributed by atoms with Crippen LogP contribution in [0.4, 0.5) is 4.39 Å². The maximum absolute atomic E-state index is 13.4. The fourth-order valence-corrected chi connectivity index (χ4v) is 3.43. The molecule has 2 atom stereocenters. The highest BCUT2D eigenvalue weighted by molar-refractivity contribution is 6.04. The van der Waals surface area contributed by atoms with Gasteiger partial charge in [0.2, 0.25) is 0 Å². The van der Waals surface area contributed by atoms with Crippen LogP contribution in [0.1, 0.15) is 12.0 Å². The van der Waals surface area contributed by atoms with Gasteiger partial charge in [-0.15, -0.1) is 0 Å². The Kier molecular flexibility index (Phi) is 5.24. The van der Waals surface area contributed by atoms with Crippen LogP contribution < -0.4 is 10.6 Å². The number of fused-ring (bicyclic) bond motifs is 3. The van der Waals surface area contributed by atoms with Crippen molar-refractivity contribution in [1.82, 2.24) is 10.6 Å². The van der Waals surface area contributed by atoms with Gasteiger partial charge in [-0.1, -0.05) is 12.1 Å². The van der Waals surface area contributed by atoms with E-state index in [2.05, 4.69) is 16.7 Å². The molecule has 2 N–H and O–H groups in total. The lowest BCUT2D eigenvalue weighted by molar-refractivity contribution is -0.132. The van der Waals surface area contributed by atoms with Crippen LogP contribution in [0.3, 0.4) is 0 Å². The largest absolute Gasteiger partial charge is 0.456 e. The first-order valence-electron chi connectivity index (χ1n) is 9.27. The Bertz CT molecular complexity index is 1050. The van der Waals surface area contributed by atoms with Crippen molar-refractivity contribution in [3.63, 3.8) is 0 Å². The van der Waals surface area contributed by atoms with Crippen molar-refractivity contribution in [2.24, 2.45) is 0 Å². The summed E-state index contributed by atoms with van der Waals surface area (Å²) in [7, 11) is 0. The van der Waals surface area contributed by atoms with Gasteiger partial charge in [-0.05, 0) is 36.7 Å². The van der Waals surface area contributed by atoms with E-state index >= 15 is 0 Å². The number of furan rings is 1. The molecule has 0 bridgehead atoms. The standard InChI is InChI=1S/C21H20FN3O3/c22-14-3-5-17-16-4-2-13(9-18(16)28-19(17)10-14)8-15(11-23)25-21(26)20-12-24-6-1-7-27-20/h2-5,9-10,15,20,24H,1,6-8,12H2,(H,25,26)/t15-,20+/m1/s1. The van der Waals surface area contributed by atoms with E-state index < -0.39 is 12.1 Å². The van der Waals surface area contributed by atoms with Crippen LogP contribution in [0.15, 0.2) is 40.8 Å². The van der Waals surface area contributed by atoms with Gasteiger partial charge >= 0.3 is 0 Å². The molecular weight excluding hydrogens is 361 g/mol. The lowest BCUT2D eigenvalue weighted by Crippen LogP contribution is -2.46. The Balaban J connectivity index is 1.50. The van der Waals surface area contributed by atoms with Crippen molar-refractivity contribution >= 4 is 27.8 Å². The lowest BCUT2D eigenvalue weighted by Gasteiger charge is -2.18. The number of ether oxygens (including phenoxy) is 1. The van der Waals surface area contributed by atoms with Gasteiger partial charge in [-0.25, -0.2) is 4.39 Å². The van der Waals surface area contributed by atoms with Gasteiger partial charge in [0.15, 0.2) is 0 Å². The fourth-order valence-electron chi connectivity index (χ4n) is 3.43. The molecule has 0 radical (unpaired) electrons. The number of hydrogen-bond donors (Lipinski definition) is 2. The average Bonchev–Trinajstić information content (AvgIpc) is 2.85. The molecule has 0 spiro atoms. The van der Waals surface area contributed by atoms with E-state index in [1.807, 2.05) is 18.2 Å². The molecule has 4 rings (SSSR count). The Labute approximate surface area is 161 Å². The molecule has 0 unspecified atom stereocenters. The molecule has 7 heteroatoms. The number of nitriles is 1. The minimum Gasteiger partial charge on any atom is -0.456 e. The van der Waals surface area contributed by atoms with Gasteiger partial charge < -0.3 is 19.8 Å². The number of nitrogens with zero attached hydrogens (tertiary/aromatic N) is 1. The van der Waals surface area contributed by atoms with Crippen LogP contribution in [0.2, 0.25) is 0 Å². The normalized spacial score (nSPS) is 18.5. The highest BCUT2D eigenvalue weighted by Gasteiger charge is 2.23. The van der Waals surface area contributed by atoms with E-state index in [1.54, 1.807) is 6.07 Å². The molecule has 1 aliphatic heterocycles. The van der Waals surface area contributed by atoms with E-state index in [9.17, 15) is 14.4 Å². The second kappa shape index (κ2) is 7.97. The quantitative estimate of drug-likeness (QED) is 0.726. The van der Waals surface area contributed by atoms with Gasteiger partial charge in [0.05, 0.1) is 6.07 Å². The Morgan fingerprint density at radius 1 is 1.29 bits per heavy atom. The predicted octanol–water partition coefficient (Wildman–Crippen LogP) is 2.65. The van der Waals surface area contributed by atoms with Crippen LogP contribution in [0, 0.1) is 17.1 Å². The molecular formula is C21H20FN3O3. The molecule has 1 aromatic heterocycles. The van der Waals surface area contributed by atoms with Crippen molar-refractivity contribution in [2.45, 2.75) is 25.0 Å². The summed E-state index contributed by atoms with van der Waals surface area (Å²) in [6.07, 6.45) is 0.600. The van der Waals surface area contributed by atoms with Gasteiger partial charge in [-0.3, -0.25) is 4.79 Å². The number of nitrogens with one attached hydrogen (secondary N) is 2. The zero-order valence-electron chi connectivity index (χ0n) is 15.2. The summed E-state index contributed by atoms with van der Waals surface area (Å²) in [6.45, 7) is 1.77. The molecule has 0 saturated carbocycles. The molecule has 2 heterocycles. The average molecular weight is 381 g/mol. The first kappa shape index (κ1) is 18.4. The number of rotatable bonds is 4. The zero-order chi connectivity index (χ0) is 19.5. The van der Waals surface area contributed by atoms with E-state index in [-0.39, 0.29) is 11.7 Å².